The molecule has 0 fully saturated rings. The van der Waals surface area contributed by atoms with E-state index in [4.69, 9.17) is 4.42 Å². The van der Waals surface area contributed by atoms with Crippen LogP contribution in [0.2, 0.25) is 0 Å². The molecule has 1 aliphatic heterocycles. The van der Waals surface area contributed by atoms with E-state index < -0.39 is 6.04 Å². The molecule has 6 heteroatoms. The molecule has 1 amide bonds. The summed E-state index contributed by atoms with van der Waals surface area (Å²) in [5.74, 6) is -0.305. The van der Waals surface area contributed by atoms with E-state index in [0.29, 0.717) is 16.5 Å². The van der Waals surface area contributed by atoms with Crippen molar-refractivity contribution in [3.8, 4) is 0 Å². The van der Waals surface area contributed by atoms with E-state index in [0.717, 1.165) is 21.2 Å². The highest BCUT2D eigenvalue weighted by atomic mass is 79.9. The number of carbonyl (C=O) groups is 1. The molecule has 0 saturated heterocycles. The van der Waals surface area contributed by atoms with Crippen LogP contribution in [0.15, 0.2) is 50.1 Å². The van der Waals surface area contributed by atoms with Crippen molar-refractivity contribution >= 4 is 32.8 Å². The lowest BCUT2D eigenvalue weighted by atomic mass is 9.97. The summed E-state index contributed by atoms with van der Waals surface area (Å²) in [4.78, 5) is 27.9. The molecule has 0 bridgehead atoms. The standard InChI is InChI=1S/C21H18BrNO4/c1-11-8-12(2)19-15(9-11)18(25)16-17(13-4-3-5-14(22)10-13)23(6-7-24)21(26)20(16)27-19/h3-5,8-10,17,24H,6-7H2,1-2H3. The minimum Gasteiger partial charge on any atom is -0.450 e. The second-order valence-corrected chi connectivity index (χ2v) is 7.73. The first-order valence-corrected chi connectivity index (χ1v) is 9.47. The van der Waals surface area contributed by atoms with Gasteiger partial charge in [0, 0.05) is 11.0 Å². The Bertz CT molecular complexity index is 1130. The Morgan fingerprint density at radius 2 is 1.96 bits per heavy atom. The number of β-amino-alcohol motifs (C(OH)–C–C–N with tert-alkyl or cyclic N) is 1. The van der Waals surface area contributed by atoms with Crippen molar-refractivity contribution in [3.05, 3.63) is 79.1 Å². The van der Waals surface area contributed by atoms with E-state index >= 15 is 0 Å². The lowest BCUT2D eigenvalue weighted by Gasteiger charge is -2.24. The molecule has 5 nitrogen and oxygen atoms in total. The normalized spacial score (nSPS) is 16.2. The first-order valence-electron chi connectivity index (χ1n) is 8.67. The first kappa shape index (κ1) is 17.9. The molecule has 0 saturated carbocycles. The number of aryl methyl sites for hydroxylation is 2. The molecule has 1 atom stereocenters. The Morgan fingerprint density at radius 3 is 2.67 bits per heavy atom. The van der Waals surface area contributed by atoms with Crippen molar-refractivity contribution in [2.24, 2.45) is 0 Å². The smallest absolute Gasteiger partial charge is 0.290 e. The second-order valence-electron chi connectivity index (χ2n) is 6.81. The number of halogens is 1. The zero-order chi connectivity index (χ0) is 19.3. The maximum absolute atomic E-state index is 13.4. The number of aliphatic hydroxyl groups is 1. The highest BCUT2D eigenvalue weighted by Gasteiger charge is 2.42. The average molecular weight is 428 g/mol. The summed E-state index contributed by atoms with van der Waals surface area (Å²) < 4.78 is 6.81. The number of carbonyl (C=O) groups excluding carboxylic acids is 1. The van der Waals surface area contributed by atoms with Gasteiger partial charge in [-0.2, -0.15) is 0 Å². The zero-order valence-electron chi connectivity index (χ0n) is 15.0. The Hall–Kier alpha value is -2.44. The third kappa shape index (κ3) is 2.80. The van der Waals surface area contributed by atoms with Crippen LogP contribution in [-0.2, 0) is 0 Å². The summed E-state index contributed by atoms with van der Waals surface area (Å²) in [6, 6.07) is 10.6. The van der Waals surface area contributed by atoms with Crippen LogP contribution in [0.4, 0.5) is 0 Å². The highest BCUT2D eigenvalue weighted by molar-refractivity contribution is 9.10. The predicted molar refractivity (Wildman–Crippen MR) is 106 cm³/mol. The predicted octanol–water partition coefficient (Wildman–Crippen LogP) is 3.71. The molecule has 4 rings (SSSR count). The van der Waals surface area contributed by atoms with Gasteiger partial charge in [-0.25, -0.2) is 0 Å². The van der Waals surface area contributed by atoms with Gasteiger partial charge in [0.05, 0.1) is 23.6 Å². The average Bonchev–Trinajstić information content (AvgIpc) is 2.89. The molecular weight excluding hydrogens is 410 g/mol. The number of hydrogen-bond donors (Lipinski definition) is 1. The van der Waals surface area contributed by atoms with Gasteiger partial charge >= 0.3 is 0 Å². The van der Waals surface area contributed by atoms with Crippen molar-refractivity contribution in [3.63, 3.8) is 0 Å². The molecule has 3 aromatic rings. The van der Waals surface area contributed by atoms with Crippen molar-refractivity contribution in [2.75, 3.05) is 13.2 Å². The minimum absolute atomic E-state index is 0.0675. The highest BCUT2D eigenvalue weighted by Crippen LogP contribution is 2.39. The van der Waals surface area contributed by atoms with Gasteiger partial charge in [0.15, 0.2) is 5.43 Å². The lowest BCUT2D eigenvalue weighted by molar-refractivity contribution is 0.0691. The quantitative estimate of drug-likeness (QED) is 0.691. The van der Waals surface area contributed by atoms with Crippen LogP contribution in [0.25, 0.3) is 11.0 Å². The molecule has 1 aliphatic rings. The van der Waals surface area contributed by atoms with Gasteiger partial charge in [0.25, 0.3) is 5.91 Å². The third-order valence-electron chi connectivity index (χ3n) is 4.90. The molecule has 1 N–H and O–H groups in total. The van der Waals surface area contributed by atoms with Crippen molar-refractivity contribution in [2.45, 2.75) is 19.9 Å². The molecule has 1 unspecified atom stereocenters. The SMILES string of the molecule is Cc1cc(C)c2oc3c(c(=O)c2c1)C(c1cccc(Br)c1)N(CCO)C3=O. The molecule has 0 spiro atoms. The molecule has 138 valence electrons. The van der Waals surface area contributed by atoms with E-state index in [9.17, 15) is 14.7 Å². The van der Waals surface area contributed by atoms with Gasteiger partial charge in [-0.1, -0.05) is 34.1 Å². The van der Waals surface area contributed by atoms with Crippen LogP contribution in [0.5, 0.6) is 0 Å². The van der Waals surface area contributed by atoms with Crippen LogP contribution in [-0.4, -0.2) is 29.1 Å². The number of benzene rings is 2. The molecule has 0 aliphatic carbocycles. The summed E-state index contributed by atoms with van der Waals surface area (Å²) in [6.45, 7) is 3.71. The molecule has 2 heterocycles. The summed E-state index contributed by atoms with van der Waals surface area (Å²) in [5.41, 5.74) is 3.15. The van der Waals surface area contributed by atoms with Gasteiger partial charge in [0.2, 0.25) is 5.76 Å². The maximum Gasteiger partial charge on any atom is 0.290 e. The number of fused-ring (bicyclic) bond motifs is 2. The van der Waals surface area contributed by atoms with Crippen molar-refractivity contribution in [1.82, 2.24) is 4.90 Å². The fourth-order valence-electron chi connectivity index (χ4n) is 3.84. The van der Waals surface area contributed by atoms with Crippen LogP contribution in [0.1, 0.15) is 38.9 Å². The van der Waals surface area contributed by atoms with Gasteiger partial charge in [-0.3, -0.25) is 9.59 Å². The Kier molecular flexibility index (Phi) is 4.40. The lowest BCUT2D eigenvalue weighted by Crippen LogP contribution is -2.32. The van der Waals surface area contributed by atoms with Gasteiger partial charge in [0.1, 0.15) is 5.58 Å². The summed E-state index contributed by atoms with van der Waals surface area (Å²) in [5, 5.41) is 9.95. The molecule has 1 aromatic heterocycles. The number of aliphatic hydroxyl groups excluding tert-OH is 1. The molecular formula is C21H18BrNO4. The fourth-order valence-corrected chi connectivity index (χ4v) is 4.25. The minimum atomic E-state index is -0.585. The van der Waals surface area contributed by atoms with E-state index in [2.05, 4.69) is 15.9 Å². The maximum atomic E-state index is 13.4. The number of rotatable bonds is 3. The molecule has 27 heavy (non-hydrogen) atoms. The monoisotopic (exact) mass is 427 g/mol. The Morgan fingerprint density at radius 1 is 1.19 bits per heavy atom. The van der Waals surface area contributed by atoms with E-state index in [1.807, 2.05) is 44.2 Å². The van der Waals surface area contributed by atoms with E-state index in [1.54, 1.807) is 6.07 Å². The largest absolute Gasteiger partial charge is 0.450 e. The Balaban J connectivity index is 2.05. The van der Waals surface area contributed by atoms with Gasteiger partial charge in [-0.05, 0) is 48.7 Å². The van der Waals surface area contributed by atoms with Crippen LogP contribution in [0, 0.1) is 13.8 Å². The summed E-state index contributed by atoms with van der Waals surface area (Å²) in [6.07, 6.45) is 0. The number of amides is 1. The van der Waals surface area contributed by atoms with Crippen molar-refractivity contribution in [1.29, 1.82) is 0 Å². The number of hydrogen-bond acceptors (Lipinski definition) is 4. The van der Waals surface area contributed by atoms with Crippen molar-refractivity contribution < 1.29 is 14.3 Å². The fraction of sp³-hybridized carbons (Fsp3) is 0.238. The van der Waals surface area contributed by atoms with E-state index in [1.165, 1.54) is 4.90 Å². The van der Waals surface area contributed by atoms with Gasteiger partial charge in [-0.15, -0.1) is 0 Å². The van der Waals surface area contributed by atoms with Crippen LogP contribution in [0.3, 0.4) is 0 Å². The zero-order valence-corrected chi connectivity index (χ0v) is 16.5. The van der Waals surface area contributed by atoms with Crippen LogP contribution >= 0.6 is 15.9 Å². The van der Waals surface area contributed by atoms with E-state index in [-0.39, 0.29) is 30.2 Å². The van der Waals surface area contributed by atoms with Crippen LogP contribution < -0.4 is 5.43 Å². The third-order valence-corrected chi connectivity index (χ3v) is 5.40. The first-order chi connectivity index (χ1) is 12.9. The summed E-state index contributed by atoms with van der Waals surface area (Å²) in [7, 11) is 0. The summed E-state index contributed by atoms with van der Waals surface area (Å²) >= 11 is 3.45. The second kappa shape index (κ2) is 6.62. The molecule has 2 aromatic carbocycles. The Labute approximate surface area is 164 Å². The molecule has 0 radical (unpaired) electrons. The topological polar surface area (TPSA) is 70.8 Å². The number of nitrogens with zero attached hydrogens (tertiary/aromatic N) is 1. The van der Waals surface area contributed by atoms with Gasteiger partial charge < -0.3 is 14.4 Å².